The van der Waals surface area contributed by atoms with Crippen LogP contribution in [0.4, 0.5) is 4.39 Å². The van der Waals surface area contributed by atoms with Crippen molar-refractivity contribution in [3.8, 4) is 11.1 Å². The van der Waals surface area contributed by atoms with Crippen LogP contribution in [-0.2, 0) is 18.3 Å². The highest BCUT2D eigenvalue weighted by Gasteiger charge is 2.16. The summed E-state index contributed by atoms with van der Waals surface area (Å²) in [5, 5.41) is 1.02. The van der Waals surface area contributed by atoms with Crippen LogP contribution in [0.15, 0.2) is 47.0 Å². The Morgan fingerprint density at radius 1 is 1.11 bits per heavy atom. The predicted molar refractivity (Wildman–Crippen MR) is 102 cm³/mol. The summed E-state index contributed by atoms with van der Waals surface area (Å²) in [5.41, 5.74) is 4.59. The van der Waals surface area contributed by atoms with E-state index in [9.17, 15) is 4.39 Å². The Kier molecular flexibility index (Phi) is 3.95. The fourth-order valence-electron chi connectivity index (χ4n) is 3.75. The van der Waals surface area contributed by atoms with Crippen LogP contribution in [0.1, 0.15) is 5.89 Å². The maximum Gasteiger partial charge on any atom is 0.209 e. The van der Waals surface area contributed by atoms with Gasteiger partial charge in [0.05, 0.1) is 25.3 Å². The van der Waals surface area contributed by atoms with E-state index in [1.165, 1.54) is 6.07 Å². The number of benzene rings is 2. The number of aryl methyl sites for hydroxylation is 1. The molecule has 4 aromatic rings. The maximum atomic E-state index is 13.6. The molecule has 5 nitrogen and oxygen atoms in total. The van der Waals surface area contributed by atoms with E-state index in [1.54, 1.807) is 6.07 Å². The molecule has 0 N–H and O–H groups in total. The lowest BCUT2D eigenvalue weighted by Gasteiger charge is -2.24. The van der Waals surface area contributed by atoms with E-state index in [0.717, 1.165) is 65.3 Å². The van der Waals surface area contributed by atoms with E-state index in [2.05, 4.69) is 9.88 Å². The number of ether oxygens (including phenoxy) is 1. The molecule has 0 atom stereocenters. The van der Waals surface area contributed by atoms with E-state index in [4.69, 9.17) is 9.15 Å². The van der Waals surface area contributed by atoms with Crippen molar-refractivity contribution < 1.29 is 13.5 Å². The SMILES string of the molecule is Cn1cc(-c2ccc3nc(CN4CCOCC4)oc3c2)c2ccc(F)cc21. The lowest BCUT2D eigenvalue weighted by molar-refractivity contribution is 0.0308. The van der Waals surface area contributed by atoms with Crippen LogP contribution in [0.5, 0.6) is 0 Å². The minimum atomic E-state index is -0.228. The molecule has 6 heteroatoms. The van der Waals surface area contributed by atoms with Gasteiger partial charge in [-0.1, -0.05) is 6.07 Å². The van der Waals surface area contributed by atoms with Crippen LogP contribution in [0.3, 0.4) is 0 Å². The quantitative estimate of drug-likeness (QED) is 0.551. The van der Waals surface area contributed by atoms with Crippen LogP contribution in [-0.4, -0.2) is 40.8 Å². The van der Waals surface area contributed by atoms with Gasteiger partial charge in [-0.2, -0.15) is 0 Å². The molecule has 0 unspecified atom stereocenters. The third-order valence-electron chi connectivity index (χ3n) is 5.16. The first kappa shape index (κ1) is 16.5. The minimum Gasteiger partial charge on any atom is -0.439 e. The van der Waals surface area contributed by atoms with E-state index >= 15 is 0 Å². The highest BCUT2D eigenvalue weighted by atomic mass is 19.1. The van der Waals surface area contributed by atoms with Crippen molar-refractivity contribution in [2.24, 2.45) is 7.05 Å². The van der Waals surface area contributed by atoms with Crippen LogP contribution >= 0.6 is 0 Å². The Hall–Kier alpha value is -2.70. The number of rotatable bonds is 3. The average Bonchev–Trinajstić information content (AvgIpc) is 3.22. The molecule has 3 heterocycles. The highest BCUT2D eigenvalue weighted by Crippen LogP contribution is 2.32. The van der Waals surface area contributed by atoms with Crippen LogP contribution in [0, 0.1) is 5.82 Å². The zero-order valence-corrected chi connectivity index (χ0v) is 15.1. The highest BCUT2D eigenvalue weighted by molar-refractivity contribution is 5.97. The Morgan fingerprint density at radius 2 is 1.96 bits per heavy atom. The lowest BCUT2D eigenvalue weighted by Crippen LogP contribution is -2.35. The molecular weight excluding hydrogens is 345 g/mol. The van der Waals surface area contributed by atoms with Crippen molar-refractivity contribution >= 4 is 22.0 Å². The first-order chi connectivity index (χ1) is 13.2. The van der Waals surface area contributed by atoms with Crippen molar-refractivity contribution in [2.45, 2.75) is 6.54 Å². The van der Waals surface area contributed by atoms with Gasteiger partial charge in [-0.05, 0) is 35.9 Å². The molecule has 0 bridgehead atoms. The topological polar surface area (TPSA) is 43.4 Å². The second-order valence-electron chi connectivity index (χ2n) is 6.99. The number of nitrogens with zero attached hydrogens (tertiary/aromatic N) is 3. The number of hydrogen-bond acceptors (Lipinski definition) is 4. The molecule has 0 aliphatic carbocycles. The van der Waals surface area contributed by atoms with Crippen molar-refractivity contribution in [1.82, 2.24) is 14.5 Å². The fraction of sp³-hybridized carbons (Fsp3) is 0.286. The van der Waals surface area contributed by atoms with Crippen molar-refractivity contribution in [1.29, 1.82) is 0 Å². The van der Waals surface area contributed by atoms with Crippen molar-refractivity contribution in [3.05, 3.63) is 54.3 Å². The maximum absolute atomic E-state index is 13.6. The summed E-state index contributed by atoms with van der Waals surface area (Å²) in [6, 6.07) is 10.9. The zero-order chi connectivity index (χ0) is 18.4. The molecular formula is C21H20FN3O2. The number of oxazole rings is 1. The van der Waals surface area contributed by atoms with Gasteiger partial charge in [-0.25, -0.2) is 9.37 Å². The summed E-state index contributed by atoms with van der Waals surface area (Å²) in [7, 11) is 1.93. The van der Waals surface area contributed by atoms with Gasteiger partial charge in [0.2, 0.25) is 5.89 Å². The Labute approximate surface area is 156 Å². The summed E-state index contributed by atoms with van der Waals surface area (Å²) in [6.07, 6.45) is 2.02. The molecule has 1 fully saturated rings. The second kappa shape index (κ2) is 6.48. The normalized spacial score (nSPS) is 15.8. The molecule has 2 aromatic carbocycles. The molecule has 138 valence electrons. The van der Waals surface area contributed by atoms with Gasteiger partial charge in [0, 0.05) is 37.3 Å². The third-order valence-corrected chi connectivity index (χ3v) is 5.16. The molecule has 0 radical (unpaired) electrons. The largest absolute Gasteiger partial charge is 0.439 e. The molecule has 0 spiro atoms. The van der Waals surface area contributed by atoms with Crippen molar-refractivity contribution in [2.75, 3.05) is 26.3 Å². The monoisotopic (exact) mass is 365 g/mol. The minimum absolute atomic E-state index is 0.228. The summed E-state index contributed by atoms with van der Waals surface area (Å²) in [6.45, 7) is 4.01. The molecule has 0 saturated carbocycles. The van der Waals surface area contributed by atoms with E-state index in [0.29, 0.717) is 6.54 Å². The molecule has 1 saturated heterocycles. The Bertz CT molecular complexity index is 1130. The number of hydrogen-bond donors (Lipinski definition) is 0. The van der Waals surface area contributed by atoms with Gasteiger partial charge in [-0.15, -0.1) is 0 Å². The summed E-state index contributed by atoms with van der Waals surface area (Å²) in [4.78, 5) is 6.90. The summed E-state index contributed by atoms with van der Waals surface area (Å²) in [5.74, 6) is 0.498. The molecule has 2 aromatic heterocycles. The van der Waals surface area contributed by atoms with Crippen LogP contribution in [0.25, 0.3) is 33.1 Å². The number of aromatic nitrogens is 2. The van der Waals surface area contributed by atoms with Gasteiger partial charge in [0.25, 0.3) is 0 Å². The molecule has 1 aliphatic heterocycles. The summed E-state index contributed by atoms with van der Waals surface area (Å²) >= 11 is 0. The summed E-state index contributed by atoms with van der Waals surface area (Å²) < 4.78 is 26.9. The van der Waals surface area contributed by atoms with E-state index in [-0.39, 0.29) is 5.82 Å². The second-order valence-corrected chi connectivity index (χ2v) is 6.99. The van der Waals surface area contributed by atoms with Gasteiger partial charge >= 0.3 is 0 Å². The number of halogens is 1. The Balaban J connectivity index is 1.51. The number of fused-ring (bicyclic) bond motifs is 2. The van der Waals surface area contributed by atoms with Gasteiger partial charge in [-0.3, -0.25) is 4.90 Å². The predicted octanol–water partition coefficient (Wildman–Crippen LogP) is 3.96. The van der Waals surface area contributed by atoms with E-state index < -0.39 is 0 Å². The standard InChI is InChI=1S/C21H20FN3O2/c1-24-12-17(16-4-3-15(22)11-19(16)24)14-2-5-18-20(10-14)27-21(23-18)13-25-6-8-26-9-7-25/h2-5,10-12H,6-9,13H2,1H3. The van der Waals surface area contributed by atoms with Gasteiger partial charge in [0.15, 0.2) is 5.58 Å². The van der Waals surface area contributed by atoms with Crippen LogP contribution < -0.4 is 0 Å². The zero-order valence-electron chi connectivity index (χ0n) is 15.1. The smallest absolute Gasteiger partial charge is 0.209 e. The third kappa shape index (κ3) is 3.01. The van der Waals surface area contributed by atoms with Gasteiger partial charge < -0.3 is 13.7 Å². The van der Waals surface area contributed by atoms with E-state index in [1.807, 2.05) is 42.1 Å². The molecule has 27 heavy (non-hydrogen) atoms. The fourth-order valence-corrected chi connectivity index (χ4v) is 3.75. The average molecular weight is 365 g/mol. The van der Waals surface area contributed by atoms with Crippen molar-refractivity contribution in [3.63, 3.8) is 0 Å². The molecule has 0 amide bonds. The first-order valence-corrected chi connectivity index (χ1v) is 9.12. The molecule has 5 rings (SSSR count). The number of morpholine rings is 1. The lowest BCUT2D eigenvalue weighted by atomic mass is 10.0. The van der Waals surface area contributed by atoms with Gasteiger partial charge in [0.1, 0.15) is 11.3 Å². The Morgan fingerprint density at radius 3 is 2.81 bits per heavy atom. The first-order valence-electron chi connectivity index (χ1n) is 9.12. The molecule has 1 aliphatic rings. The van der Waals surface area contributed by atoms with Crippen LogP contribution in [0.2, 0.25) is 0 Å².